The van der Waals surface area contributed by atoms with Gasteiger partial charge in [0.1, 0.15) is 5.75 Å². The van der Waals surface area contributed by atoms with E-state index in [-0.39, 0.29) is 12.4 Å². The van der Waals surface area contributed by atoms with Crippen molar-refractivity contribution in [3.05, 3.63) is 42.0 Å². The van der Waals surface area contributed by atoms with E-state index in [1.54, 1.807) is 0 Å². The third-order valence-electron chi connectivity index (χ3n) is 2.10. The molecule has 0 bridgehead atoms. The molecule has 1 nitrogen and oxygen atoms in total. The molecular formula is C11H11ClO. The van der Waals surface area contributed by atoms with Crippen molar-refractivity contribution in [2.24, 2.45) is 0 Å². The number of hydrogen-bond donors (Lipinski definition) is 1. The molecule has 0 unspecified atom stereocenters. The molecule has 2 heteroatoms. The quantitative estimate of drug-likeness (QED) is 0.683. The highest BCUT2D eigenvalue weighted by molar-refractivity contribution is 5.89. The first-order chi connectivity index (χ1) is 5.79. The molecule has 0 radical (unpaired) electrons. The Balaban J connectivity index is 0.000000845. The fraction of sp³-hybridized carbons (Fsp3) is 0.0909. The van der Waals surface area contributed by atoms with Gasteiger partial charge in [-0.25, -0.2) is 0 Å². The highest BCUT2D eigenvalue weighted by Crippen LogP contribution is 2.27. The minimum atomic E-state index is 0. The number of aryl methyl sites for hydroxylation is 1. The Bertz CT molecular complexity index is 423. The lowest BCUT2D eigenvalue weighted by atomic mass is 10.1. The standard InChI is InChI=1S/C11H10O.ClH/c1-8-6-7-9-4-2-3-5-10(9)11(8)12;/h2-7,12H,1H3;1H. The van der Waals surface area contributed by atoms with Crippen molar-refractivity contribution < 1.29 is 5.11 Å². The first kappa shape index (κ1) is 9.87. The summed E-state index contributed by atoms with van der Waals surface area (Å²) in [6.45, 7) is 1.90. The molecule has 0 heterocycles. The molecule has 2 aromatic carbocycles. The van der Waals surface area contributed by atoms with Crippen LogP contribution in [0, 0.1) is 6.92 Å². The third kappa shape index (κ3) is 1.61. The van der Waals surface area contributed by atoms with Crippen molar-refractivity contribution in [2.75, 3.05) is 0 Å². The highest BCUT2D eigenvalue weighted by atomic mass is 35.5. The molecule has 0 saturated carbocycles. The number of halogens is 1. The molecule has 0 aliphatic heterocycles. The molecule has 68 valence electrons. The Labute approximate surface area is 83.4 Å². The summed E-state index contributed by atoms with van der Waals surface area (Å²) >= 11 is 0. The number of phenols is 1. The summed E-state index contributed by atoms with van der Waals surface area (Å²) in [5.41, 5.74) is 0.925. The Kier molecular flexibility index (Phi) is 2.79. The number of rotatable bonds is 0. The van der Waals surface area contributed by atoms with Gasteiger partial charge in [0.2, 0.25) is 0 Å². The predicted molar refractivity (Wildman–Crippen MR) is 57.6 cm³/mol. The van der Waals surface area contributed by atoms with E-state index in [1.807, 2.05) is 43.3 Å². The van der Waals surface area contributed by atoms with Gasteiger partial charge in [-0.05, 0) is 17.9 Å². The van der Waals surface area contributed by atoms with Crippen LogP contribution in [0.3, 0.4) is 0 Å². The van der Waals surface area contributed by atoms with Crippen molar-refractivity contribution in [2.45, 2.75) is 6.92 Å². The summed E-state index contributed by atoms with van der Waals surface area (Å²) in [6.07, 6.45) is 0. The number of fused-ring (bicyclic) bond motifs is 1. The van der Waals surface area contributed by atoms with Gasteiger partial charge in [-0.1, -0.05) is 36.4 Å². The zero-order chi connectivity index (χ0) is 8.55. The monoisotopic (exact) mass is 194 g/mol. The van der Waals surface area contributed by atoms with Crippen LogP contribution in [-0.2, 0) is 0 Å². The second kappa shape index (κ2) is 3.67. The number of benzene rings is 2. The second-order valence-corrected chi connectivity index (χ2v) is 2.95. The van der Waals surface area contributed by atoms with E-state index in [0.29, 0.717) is 5.75 Å². The SMILES string of the molecule is Cc1ccc2ccccc2c1O.Cl. The molecule has 0 amide bonds. The molecule has 0 aliphatic carbocycles. The maximum atomic E-state index is 9.66. The summed E-state index contributed by atoms with van der Waals surface area (Å²) in [5.74, 6) is 0.396. The van der Waals surface area contributed by atoms with Crippen LogP contribution in [0.5, 0.6) is 5.75 Å². The molecule has 0 spiro atoms. The van der Waals surface area contributed by atoms with Gasteiger partial charge in [0.25, 0.3) is 0 Å². The maximum absolute atomic E-state index is 9.66. The first-order valence-electron chi connectivity index (χ1n) is 3.96. The molecule has 0 fully saturated rings. The second-order valence-electron chi connectivity index (χ2n) is 2.95. The minimum absolute atomic E-state index is 0. The smallest absolute Gasteiger partial charge is 0.126 e. The van der Waals surface area contributed by atoms with Gasteiger partial charge in [-0.2, -0.15) is 0 Å². The van der Waals surface area contributed by atoms with Crippen molar-refractivity contribution in [1.82, 2.24) is 0 Å². The molecule has 13 heavy (non-hydrogen) atoms. The number of hydrogen-bond acceptors (Lipinski definition) is 1. The van der Waals surface area contributed by atoms with Gasteiger partial charge in [0, 0.05) is 5.39 Å². The van der Waals surface area contributed by atoms with E-state index >= 15 is 0 Å². The lowest BCUT2D eigenvalue weighted by molar-refractivity contribution is 0.477. The van der Waals surface area contributed by atoms with Crippen LogP contribution in [0.25, 0.3) is 10.8 Å². The van der Waals surface area contributed by atoms with Crippen LogP contribution < -0.4 is 0 Å². The zero-order valence-corrected chi connectivity index (χ0v) is 8.14. The largest absolute Gasteiger partial charge is 0.507 e. The van der Waals surface area contributed by atoms with E-state index in [2.05, 4.69) is 0 Å². The molecule has 2 aromatic rings. The third-order valence-corrected chi connectivity index (χ3v) is 2.10. The predicted octanol–water partition coefficient (Wildman–Crippen LogP) is 3.28. The van der Waals surface area contributed by atoms with Crippen molar-refractivity contribution in [1.29, 1.82) is 0 Å². The first-order valence-corrected chi connectivity index (χ1v) is 3.96. The summed E-state index contributed by atoms with van der Waals surface area (Å²) in [6, 6.07) is 11.8. The van der Waals surface area contributed by atoms with E-state index in [0.717, 1.165) is 16.3 Å². The van der Waals surface area contributed by atoms with Crippen LogP contribution in [0.1, 0.15) is 5.56 Å². The zero-order valence-electron chi connectivity index (χ0n) is 7.32. The Morgan fingerprint density at radius 2 is 1.69 bits per heavy atom. The molecule has 0 atom stereocenters. The fourth-order valence-corrected chi connectivity index (χ4v) is 1.36. The molecule has 0 saturated heterocycles. The topological polar surface area (TPSA) is 20.2 Å². The summed E-state index contributed by atoms with van der Waals surface area (Å²) in [5, 5.41) is 11.7. The molecule has 2 rings (SSSR count). The molecular weight excluding hydrogens is 184 g/mol. The Morgan fingerprint density at radius 3 is 2.46 bits per heavy atom. The van der Waals surface area contributed by atoms with Gasteiger partial charge >= 0.3 is 0 Å². The summed E-state index contributed by atoms with van der Waals surface area (Å²) in [4.78, 5) is 0. The van der Waals surface area contributed by atoms with E-state index < -0.39 is 0 Å². The lowest BCUT2D eigenvalue weighted by Gasteiger charge is -2.02. The fourth-order valence-electron chi connectivity index (χ4n) is 1.36. The van der Waals surface area contributed by atoms with Crippen LogP contribution in [0.2, 0.25) is 0 Å². The van der Waals surface area contributed by atoms with Crippen LogP contribution >= 0.6 is 12.4 Å². The number of aromatic hydroxyl groups is 1. The maximum Gasteiger partial charge on any atom is 0.126 e. The van der Waals surface area contributed by atoms with E-state index in [4.69, 9.17) is 0 Å². The Morgan fingerprint density at radius 1 is 1.00 bits per heavy atom. The van der Waals surface area contributed by atoms with Crippen molar-refractivity contribution in [3.63, 3.8) is 0 Å². The molecule has 1 N–H and O–H groups in total. The van der Waals surface area contributed by atoms with Gasteiger partial charge in [0.05, 0.1) is 0 Å². The Hall–Kier alpha value is -1.21. The average molecular weight is 195 g/mol. The minimum Gasteiger partial charge on any atom is -0.507 e. The van der Waals surface area contributed by atoms with Crippen LogP contribution in [0.15, 0.2) is 36.4 Å². The van der Waals surface area contributed by atoms with Gasteiger partial charge in [-0.3, -0.25) is 0 Å². The van der Waals surface area contributed by atoms with E-state index in [1.165, 1.54) is 0 Å². The molecule has 0 aromatic heterocycles. The van der Waals surface area contributed by atoms with Crippen LogP contribution in [0.4, 0.5) is 0 Å². The summed E-state index contributed by atoms with van der Waals surface area (Å²) in [7, 11) is 0. The van der Waals surface area contributed by atoms with E-state index in [9.17, 15) is 5.11 Å². The molecule has 0 aliphatic rings. The summed E-state index contributed by atoms with van der Waals surface area (Å²) < 4.78 is 0. The lowest BCUT2D eigenvalue weighted by Crippen LogP contribution is -1.77. The highest BCUT2D eigenvalue weighted by Gasteiger charge is 2.00. The van der Waals surface area contributed by atoms with Crippen LogP contribution in [-0.4, -0.2) is 5.11 Å². The van der Waals surface area contributed by atoms with Gasteiger partial charge < -0.3 is 5.11 Å². The number of phenolic OH excluding ortho intramolecular Hbond substituents is 1. The average Bonchev–Trinajstić information content (AvgIpc) is 2.12. The normalized spacial score (nSPS) is 9.62. The van der Waals surface area contributed by atoms with Gasteiger partial charge in [0.15, 0.2) is 0 Å². The van der Waals surface area contributed by atoms with Crippen molar-refractivity contribution in [3.8, 4) is 5.75 Å². The van der Waals surface area contributed by atoms with Gasteiger partial charge in [-0.15, -0.1) is 12.4 Å². The van der Waals surface area contributed by atoms with Crippen molar-refractivity contribution >= 4 is 23.2 Å².